The fraction of sp³-hybridized carbons (Fsp3) is 0.185. The van der Waals surface area contributed by atoms with Crippen molar-refractivity contribution in [1.82, 2.24) is 9.88 Å². The highest BCUT2D eigenvalue weighted by Gasteiger charge is 2.18. The predicted octanol–water partition coefficient (Wildman–Crippen LogP) is 4.81. The predicted molar refractivity (Wildman–Crippen MR) is 142 cm³/mol. The summed E-state index contributed by atoms with van der Waals surface area (Å²) in [6, 6.07) is 16.9. The molecule has 1 aromatic heterocycles. The van der Waals surface area contributed by atoms with Crippen LogP contribution in [0.2, 0.25) is 0 Å². The van der Waals surface area contributed by atoms with Crippen molar-refractivity contribution in [2.24, 2.45) is 0 Å². The van der Waals surface area contributed by atoms with Gasteiger partial charge in [0, 0.05) is 29.2 Å². The van der Waals surface area contributed by atoms with Gasteiger partial charge in [0.15, 0.2) is 28.1 Å². The van der Waals surface area contributed by atoms with Gasteiger partial charge in [-0.1, -0.05) is 6.07 Å². The number of aromatic amines is 1. The van der Waals surface area contributed by atoms with Crippen molar-refractivity contribution in [2.45, 2.75) is 13.1 Å². The fourth-order valence-corrected chi connectivity index (χ4v) is 4.34. The summed E-state index contributed by atoms with van der Waals surface area (Å²) in [4.78, 5) is 17.8. The highest BCUT2D eigenvalue weighted by molar-refractivity contribution is 7.80. The van der Waals surface area contributed by atoms with Crippen molar-refractivity contribution in [2.75, 3.05) is 26.3 Å². The minimum atomic E-state index is -0.344. The van der Waals surface area contributed by atoms with Gasteiger partial charge >= 0.3 is 0 Å². The van der Waals surface area contributed by atoms with Crippen LogP contribution in [0.4, 0.5) is 10.1 Å². The molecule has 190 valence electrons. The lowest BCUT2D eigenvalue weighted by atomic mass is 10.1. The van der Waals surface area contributed by atoms with E-state index in [1.54, 1.807) is 32.4 Å². The lowest BCUT2D eigenvalue weighted by Crippen LogP contribution is -2.35. The lowest BCUT2D eigenvalue weighted by molar-refractivity contribution is 0.174. The van der Waals surface area contributed by atoms with Gasteiger partial charge in [-0.25, -0.2) is 4.39 Å². The molecule has 2 heterocycles. The molecule has 0 spiro atoms. The van der Waals surface area contributed by atoms with E-state index >= 15 is 0 Å². The molecule has 2 N–H and O–H groups in total. The summed E-state index contributed by atoms with van der Waals surface area (Å²) in [5.41, 5.74) is 2.42. The van der Waals surface area contributed by atoms with Crippen molar-refractivity contribution in [3.8, 4) is 23.0 Å². The zero-order valence-electron chi connectivity index (χ0n) is 20.2. The first-order chi connectivity index (χ1) is 17.9. The van der Waals surface area contributed by atoms with E-state index in [4.69, 9.17) is 31.2 Å². The number of ether oxygens (including phenoxy) is 4. The Balaban J connectivity index is 1.47. The Morgan fingerprint density at radius 1 is 1.00 bits per heavy atom. The molecule has 0 bridgehead atoms. The van der Waals surface area contributed by atoms with Crippen LogP contribution in [-0.4, -0.2) is 36.0 Å². The first kappa shape index (κ1) is 24.4. The summed E-state index contributed by atoms with van der Waals surface area (Å²) in [5.74, 6) is 2.06. The maximum Gasteiger partial charge on any atom is 0.253 e. The molecule has 0 saturated carbocycles. The van der Waals surface area contributed by atoms with E-state index < -0.39 is 0 Å². The molecule has 3 aromatic carbocycles. The Morgan fingerprint density at radius 3 is 2.49 bits per heavy atom. The SMILES string of the molecule is COc1cc2cc(CN(Cc3ccc4c(c3)OCO4)C(=S)Nc3ccc(F)cc3)c(=O)[nH]c2cc1OC. The molecule has 0 aliphatic carbocycles. The molecular formula is C27H24FN3O5S. The molecule has 1 aliphatic rings. The third-order valence-electron chi connectivity index (χ3n) is 5.98. The van der Waals surface area contributed by atoms with Crippen LogP contribution >= 0.6 is 12.2 Å². The van der Waals surface area contributed by atoms with Gasteiger partial charge in [-0.2, -0.15) is 0 Å². The van der Waals surface area contributed by atoms with Crippen molar-refractivity contribution < 1.29 is 23.3 Å². The van der Waals surface area contributed by atoms with E-state index in [-0.39, 0.29) is 24.7 Å². The van der Waals surface area contributed by atoms with E-state index in [0.717, 1.165) is 10.9 Å². The van der Waals surface area contributed by atoms with Crippen LogP contribution in [0.3, 0.4) is 0 Å². The molecule has 37 heavy (non-hydrogen) atoms. The van der Waals surface area contributed by atoms with Crippen LogP contribution in [-0.2, 0) is 13.1 Å². The van der Waals surface area contributed by atoms with E-state index in [2.05, 4.69) is 10.3 Å². The van der Waals surface area contributed by atoms with E-state index in [9.17, 15) is 9.18 Å². The number of halogens is 1. The molecule has 0 amide bonds. The number of anilines is 1. The number of nitrogens with one attached hydrogen (secondary N) is 2. The Labute approximate surface area is 217 Å². The van der Waals surface area contributed by atoms with Crippen molar-refractivity contribution >= 4 is 33.9 Å². The zero-order valence-corrected chi connectivity index (χ0v) is 21.0. The average molecular weight is 522 g/mol. The second-order valence-corrected chi connectivity index (χ2v) is 8.79. The van der Waals surface area contributed by atoms with Crippen molar-refractivity contribution in [3.05, 3.63) is 88.0 Å². The summed E-state index contributed by atoms with van der Waals surface area (Å²) in [6.45, 7) is 0.766. The number of aromatic nitrogens is 1. The third-order valence-corrected chi connectivity index (χ3v) is 6.34. The standard InChI is InChI=1S/C27H24FN3O5S/c1-33-23-11-17-10-18(26(32)30-21(17)12-24(23)34-2)14-31(27(37)29-20-6-4-19(28)5-7-20)13-16-3-8-22-25(9-16)36-15-35-22/h3-12H,13-15H2,1-2H3,(H,29,37)(H,30,32). The summed E-state index contributed by atoms with van der Waals surface area (Å²) in [5, 5.41) is 4.29. The molecule has 0 fully saturated rings. The molecule has 1 aliphatic heterocycles. The summed E-state index contributed by atoms with van der Waals surface area (Å²) in [7, 11) is 3.10. The molecule has 0 radical (unpaired) electrons. The van der Waals surface area contributed by atoms with Crippen LogP contribution in [0.15, 0.2) is 65.5 Å². The van der Waals surface area contributed by atoms with Crippen LogP contribution < -0.4 is 29.8 Å². The Hall–Kier alpha value is -4.31. The molecule has 0 unspecified atom stereocenters. The van der Waals surface area contributed by atoms with Gasteiger partial charge in [0.05, 0.1) is 26.3 Å². The lowest BCUT2D eigenvalue weighted by Gasteiger charge is -2.26. The van der Waals surface area contributed by atoms with Crippen LogP contribution in [0.25, 0.3) is 10.9 Å². The largest absolute Gasteiger partial charge is 0.493 e. The van der Waals surface area contributed by atoms with Gasteiger partial charge in [0.1, 0.15) is 5.82 Å². The summed E-state index contributed by atoms with van der Waals surface area (Å²) >= 11 is 5.72. The number of pyridine rings is 1. The van der Waals surface area contributed by atoms with Gasteiger partial charge in [-0.3, -0.25) is 4.79 Å². The topological polar surface area (TPSA) is 85.0 Å². The van der Waals surface area contributed by atoms with E-state index in [1.165, 1.54) is 12.1 Å². The highest BCUT2D eigenvalue weighted by atomic mass is 32.1. The first-order valence-corrected chi connectivity index (χ1v) is 11.8. The van der Waals surface area contributed by atoms with Gasteiger partial charge in [-0.05, 0) is 66.3 Å². The number of nitrogens with zero attached hydrogens (tertiary/aromatic N) is 1. The Bertz CT molecular complexity index is 1520. The Kier molecular flexibility index (Phi) is 6.82. The maximum absolute atomic E-state index is 13.4. The molecule has 4 aromatic rings. The minimum Gasteiger partial charge on any atom is -0.493 e. The average Bonchev–Trinajstić information content (AvgIpc) is 3.37. The maximum atomic E-state index is 13.4. The number of rotatable bonds is 7. The molecule has 0 atom stereocenters. The number of hydrogen-bond donors (Lipinski definition) is 2. The molecule has 10 heteroatoms. The molecular weight excluding hydrogens is 497 g/mol. The minimum absolute atomic E-state index is 0.174. The molecule has 8 nitrogen and oxygen atoms in total. The van der Waals surface area contributed by atoms with E-state index in [1.807, 2.05) is 35.2 Å². The van der Waals surface area contributed by atoms with Crippen molar-refractivity contribution in [3.63, 3.8) is 0 Å². The monoisotopic (exact) mass is 521 g/mol. The third kappa shape index (κ3) is 5.29. The number of benzene rings is 3. The molecule has 5 rings (SSSR count). The normalized spacial score (nSPS) is 11.9. The number of thiocarbonyl (C=S) groups is 1. The van der Waals surface area contributed by atoms with Crippen LogP contribution in [0, 0.1) is 5.82 Å². The molecule has 0 saturated heterocycles. The smallest absolute Gasteiger partial charge is 0.253 e. The summed E-state index contributed by atoms with van der Waals surface area (Å²) in [6.07, 6.45) is 0. The van der Waals surface area contributed by atoms with Gasteiger partial charge < -0.3 is 34.1 Å². The second kappa shape index (κ2) is 10.4. The van der Waals surface area contributed by atoms with Crippen LogP contribution in [0.1, 0.15) is 11.1 Å². The van der Waals surface area contributed by atoms with E-state index in [0.29, 0.717) is 51.4 Å². The highest BCUT2D eigenvalue weighted by Crippen LogP contribution is 2.33. The number of fused-ring (bicyclic) bond motifs is 2. The van der Waals surface area contributed by atoms with Gasteiger partial charge in [-0.15, -0.1) is 0 Å². The van der Waals surface area contributed by atoms with Gasteiger partial charge in [0.25, 0.3) is 5.56 Å². The fourth-order valence-electron chi connectivity index (χ4n) is 4.10. The number of H-pyrrole nitrogens is 1. The zero-order chi connectivity index (χ0) is 25.9. The van der Waals surface area contributed by atoms with Crippen molar-refractivity contribution in [1.29, 1.82) is 0 Å². The summed E-state index contributed by atoms with van der Waals surface area (Å²) < 4.78 is 35.1. The second-order valence-electron chi connectivity index (χ2n) is 8.40. The quantitative estimate of drug-likeness (QED) is 0.335. The van der Waals surface area contributed by atoms with Crippen LogP contribution in [0.5, 0.6) is 23.0 Å². The first-order valence-electron chi connectivity index (χ1n) is 11.4. The number of hydrogen-bond acceptors (Lipinski definition) is 6. The number of methoxy groups -OCH3 is 2. The van der Waals surface area contributed by atoms with Gasteiger partial charge in [0.2, 0.25) is 6.79 Å². The Morgan fingerprint density at radius 2 is 1.73 bits per heavy atom.